The molecule has 0 unspecified atom stereocenters. The van der Waals surface area contributed by atoms with Gasteiger partial charge in [0.1, 0.15) is 11.9 Å². The van der Waals surface area contributed by atoms with Gasteiger partial charge in [0.25, 0.3) is 0 Å². The zero-order valence-electron chi connectivity index (χ0n) is 12.4. The van der Waals surface area contributed by atoms with Crippen LogP contribution in [0.4, 0.5) is 0 Å². The Kier molecular flexibility index (Phi) is 6.22. The Labute approximate surface area is 135 Å². The summed E-state index contributed by atoms with van der Waals surface area (Å²) in [5, 5.41) is 5.78. The third-order valence-corrected chi connectivity index (χ3v) is 5.14. The molecule has 0 bridgehead atoms. The summed E-state index contributed by atoms with van der Waals surface area (Å²) in [4.78, 5) is 8.56. The van der Waals surface area contributed by atoms with Crippen LogP contribution in [-0.4, -0.2) is 41.4 Å². The molecule has 2 heterocycles. The molecular formula is C13H19ClN4OSSi. The second-order valence-corrected chi connectivity index (χ2v) is 9.54. The minimum Gasteiger partial charge on any atom is -0.359 e. The highest BCUT2D eigenvalue weighted by Crippen LogP contribution is 2.20. The predicted octanol–water partition coefficient (Wildman–Crippen LogP) is 3.18. The van der Waals surface area contributed by atoms with Gasteiger partial charge < -0.3 is 4.74 Å². The molecule has 0 saturated carbocycles. The molecule has 2 rings (SSSR count). The van der Waals surface area contributed by atoms with E-state index in [0.717, 1.165) is 17.3 Å². The molecule has 0 aliphatic carbocycles. The van der Waals surface area contributed by atoms with Crippen molar-refractivity contribution in [3.8, 4) is 11.4 Å². The number of pyridine rings is 1. The SMILES string of the molecule is CSc1nc(-c2ccc(Cl)nc2)nn1COCC[SiH](C)C. The van der Waals surface area contributed by atoms with Crippen LogP contribution in [0.1, 0.15) is 0 Å². The molecule has 0 aromatic carbocycles. The van der Waals surface area contributed by atoms with Crippen molar-refractivity contribution in [3.63, 3.8) is 0 Å². The van der Waals surface area contributed by atoms with Gasteiger partial charge in [-0.1, -0.05) is 36.5 Å². The van der Waals surface area contributed by atoms with Gasteiger partial charge in [-0.25, -0.2) is 14.6 Å². The molecule has 0 aliphatic heterocycles. The minimum absolute atomic E-state index is 0.436. The highest BCUT2D eigenvalue weighted by atomic mass is 35.5. The lowest BCUT2D eigenvalue weighted by Gasteiger charge is -2.06. The smallest absolute Gasteiger partial charge is 0.188 e. The fourth-order valence-electron chi connectivity index (χ4n) is 1.66. The molecule has 2 aromatic heterocycles. The molecule has 114 valence electrons. The molecule has 0 atom stereocenters. The predicted molar refractivity (Wildman–Crippen MR) is 89.7 cm³/mol. The van der Waals surface area contributed by atoms with Gasteiger partial charge in [-0.2, -0.15) is 0 Å². The average Bonchev–Trinajstić information content (AvgIpc) is 2.87. The Morgan fingerprint density at radius 1 is 1.38 bits per heavy atom. The first-order valence-corrected chi connectivity index (χ1v) is 11.5. The van der Waals surface area contributed by atoms with Crippen LogP contribution in [0.5, 0.6) is 0 Å². The van der Waals surface area contributed by atoms with Gasteiger partial charge in [-0.15, -0.1) is 5.10 Å². The van der Waals surface area contributed by atoms with E-state index >= 15 is 0 Å². The highest BCUT2D eigenvalue weighted by molar-refractivity contribution is 7.98. The number of rotatable bonds is 7. The Balaban J connectivity index is 2.06. The second kappa shape index (κ2) is 7.93. The maximum atomic E-state index is 5.79. The summed E-state index contributed by atoms with van der Waals surface area (Å²) >= 11 is 7.34. The third kappa shape index (κ3) is 4.81. The zero-order valence-corrected chi connectivity index (χ0v) is 15.1. The van der Waals surface area contributed by atoms with Crippen molar-refractivity contribution < 1.29 is 4.74 Å². The fraction of sp³-hybridized carbons (Fsp3) is 0.462. The van der Waals surface area contributed by atoms with Crippen molar-refractivity contribution in [2.45, 2.75) is 31.0 Å². The number of hydrogen-bond acceptors (Lipinski definition) is 5. The molecule has 0 spiro atoms. The number of ether oxygens (including phenoxy) is 1. The first-order chi connectivity index (χ1) is 10.1. The van der Waals surface area contributed by atoms with E-state index in [1.807, 2.05) is 12.3 Å². The lowest BCUT2D eigenvalue weighted by molar-refractivity contribution is 0.0724. The van der Waals surface area contributed by atoms with Crippen LogP contribution in [0.3, 0.4) is 0 Å². The maximum Gasteiger partial charge on any atom is 0.188 e. The van der Waals surface area contributed by atoms with Gasteiger partial charge in [0.2, 0.25) is 0 Å². The number of hydrogen-bond donors (Lipinski definition) is 0. The average molecular weight is 343 g/mol. The summed E-state index contributed by atoms with van der Waals surface area (Å²) in [5.41, 5.74) is 0.850. The van der Waals surface area contributed by atoms with Crippen molar-refractivity contribution in [2.24, 2.45) is 0 Å². The second-order valence-electron chi connectivity index (χ2n) is 5.01. The van der Waals surface area contributed by atoms with Crippen LogP contribution in [0.15, 0.2) is 23.5 Å². The van der Waals surface area contributed by atoms with E-state index in [1.54, 1.807) is 28.7 Å². The molecule has 0 fully saturated rings. The van der Waals surface area contributed by atoms with Gasteiger partial charge in [-0.05, 0) is 24.4 Å². The number of halogens is 1. The van der Waals surface area contributed by atoms with E-state index in [-0.39, 0.29) is 0 Å². The molecule has 0 radical (unpaired) electrons. The van der Waals surface area contributed by atoms with Crippen LogP contribution >= 0.6 is 23.4 Å². The van der Waals surface area contributed by atoms with Gasteiger partial charge in [0.05, 0.1) is 0 Å². The lowest BCUT2D eigenvalue weighted by atomic mass is 10.3. The molecule has 2 aromatic rings. The van der Waals surface area contributed by atoms with Crippen molar-refractivity contribution in [1.29, 1.82) is 0 Å². The fourth-order valence-corrected chi connectivity index (χ4v) is 2.90. The van der Waals surface area contributed by atoms with Crippen molar-refractivity contribution in [3.05, 3.63) is 23.5 Å². The number of nitrogens with zero attached hydrogens (tertiary/aromatic N) is 4. The van der Waals surface area contributed by atoms with Crippen LogP contribution in [0.25, 0.3) is 11.4 Å². The minimum atomic E-state index is -0.561. The summed E-state index contributed by atoms with van der Waals surface area (Å²) < 4.78 is 7.47. The normalized spacial score (nSPS) is 11.3. The van der Waals surface area contributed by atoms with E-state index in [0.29, 0.717) is 17.7 Å². The Hall–Kier alpha value is -0.893. The Morgan fingerprint density at radius 2 is 2.19 bits per heavy atom. The molecule has 8 heteroatoms. The summed E-state index contributed by atoms with van der Waals surface area (Å²) in [6.07, 6.45) is 3.66. The van der Waals surface area contributed by atoms with Gasteiger partial charge in [0.15, 0.2) is 11.0 Å². The highest BCUT2D eigenvalue weighted by Gasteiger charge is 2.11. The summed E-state index contributed by atoms with van der Waals surface area (Å²) in [5.74, 6) is 0.644. The first-order valence-electron chi connectivity index (χ1n) is 6.78. The quantitative estimate of drug-likeness (QED) is 0.335. The van der Waals surface area contributed by atoms with Gasteiger partial charge >= 0.3 is 0 Å². The van der Waals surface area contributed by atoms with E-state index < -0.39 is 8.80 Å². The summed E-state index contributed by atoms with van der Waals surface area (Å²) in [7, 11) is -0.561. The van der Waals surface area contributed by atoms with Crippen LogP contribution in [0, 0.1) is 0 Å². The molecular weight excluding hydrogens is 324 g/mol. The topological polar surface area (TPSA) is 52.8 Å². The molecule has 5 nitrogen and oxygen atoms in total. The van der Waals surface area contributed by atoms with Crippen molar-refractivity contribution in [2.75, 3.05) is 12.9 Å². The maximum absolute atomic E-state index is 5.79. The standard InChI is InChI=1S/C13H19ClN4OSSi/c1-20-13-16-12(10-4-5-11(14)15-8-10)17-18(13)9-19-6-7-21(2)3/h4-5,8,21H,6-7,9H2,1-3H3. The summed E-state index contributed by atoms with van der Waals surface area (Å²) in [6, 6.07) is 4.78. The van der Waals surface area contributed by atoms with Crippen molar-refractivity contribution >= 4 is 32.2 Å². The van der Waals surface area contributed by atoms with E-state index in [2.05, 4.69) is 28.2 Å². The number of aromatic nitrogens is 4. The zero-order chi connectivity index (χ0) is 15.2. The van der Waals surface area contributed by atoms with Crippen LogP contribution < -0.4 is 0 Å². The van der Waals surface area contributed by atoms with Crippen molar-refractivity contribution in [1.82, 2.24) is 19.7 Å². The lowest BCUT2D eigenvalue weighted by Crippen LogP contribution is -2.10. The number of thioether (sulfide) groups is 1. The molecule has 0 N–H and O–H groups in total. The first kappa shape index (κ1) is 16.5. The monoisotopic (exact) mass is 342 g/mol. The molecule has 0 amide bonds. The Bertz CT molecular complexity index is 576. The molecule has 0 saturated heterocycles. The van der Waals surface area contributed by atoms with Gasteiger partial charge in [0, 0.05) is 27.2 Å². The largest absolute Gasteiger partial charge is 0.359 e. The van der Waals surface area contributed by atoms with E-state index in [9.17, 15) is 0 Å². The Morgan fingerprint density at radius 3 is 2.81 bits per heavy atom. The molecule has 21 heavy (non-hydrogen) atoms. The van der Waals surface area contributed by atoms with E-state index in [4.69, 9.17) is 16.3 Å². The van der Waals surface area contributed by atoms with Gasteiger partial charge in [-0.3, -0.25) is 0 Å². The van der Waals surface area contributed by atoms with E-state index in [1.165, 1.54) is 6.04 Å². The third-order valence-electron chi connectivity index (χ3n) is 2.86. The van der Waals surface area contributed by atoms with Crippen LogP contribution in [-0.2, 0) is 11.5 Å². The van der Waals surface area contributed by atoms with Crippen LogP contribution in [0.2, 0.25) is 24.3 Å². The summed E-state index contributed by atoms with van der Waals surface area (Å²) in [6.45, 7) is 5.86. The molecule has 0 aliphatic rings.